The first-order valence-electron chi connectivity index (χ1n) is 6.59. The first-order valence-corrected chi connectivity index (χ1v) is 7.39. The Balaban J connectivity index is 2.69. The van der Waals surface area contributed by atoms with Crippen molar-refractivity contribution in [1.29, 1.82) is 0 Å². The highest BCUT2D eigenvalue weighted by atomic mass is 79.9. The summed E-state index contributed by atoms with van der Waals surface area (Å²) < 4.78 is 6.07. The van der Waals surface area contributed by atoms with Gasteiger partial charge in [0.25, 0.3) is 0 Å². The van der Waals surface area contributed by atoms with Crippen LogP contribution in [0.15, 0.2) is 28.7 Å². The van der Waals surface area contributed by atoms with Crippen LogP contribution >= 0.6 is 15.9 Å². The van der Waals surface area contributed by atoms with Crippen LogP contribution < -0.4 is 10.4 Å². The van der Waals surface area contributed by atoms with Crippen molar-refractivity contribution in [1.82, 2.24) is 5.32 Å². The average Bonchev–Trinajstić information content (AvgIpc) is 2.28. The second-order valence-corrected chi connectivity index (χ2v) is 6.67. The van der Waals surface area contributed by atoms with Gasteiger partial charge in [0, 0.05) is 22.9 Å². The van der Waals surface area contributed by atoms with Crippen LogP contribution in [-0.4, -0.2) is 23.7 Å². The molecule has 1 amide bonds. The van der Waals surface area contributed by atoms with Crippen LogP contribution in [0, 0.1) is 0 Å². The van der Waals surface area contributed by atoms with Crippen LogP contribution in [0.4, 0.5) is 4.79 Å². The number of carboxylic acid groups (broad SMARTS) is 1. The number of alkyl carbamates (subject to hydrolysis) is 1. The van der Waals surface area contributed by atoms with E-state index in [0.29, 0.717) is 6.42 Å². The number of carbonyl (C=O) groups is 2. The number of benzene rings is 1. The summed E-state index contributed by atoms with van der Waals surface area (Å²) in [5, 5.41) is 13.4. The molecule has 6 heteroatoms. The molecule has 0 radical (unpaired) electrons. The zero-order valence-corrected chi connectivity index (χ0v) is 13.9. The molecule has 116 valence electrons. The molecule has 1 N–H and O–H groups in total. The lowest BCUT2D eigenvalue weighted by molar-refractivity contribution is -0.306. The van der Waals surface area contributed by atoms with E-state index in [1.54, 1.807) is 20.8 Å². The standard InChI is InChI=1S/C15H20BrNO4/c1-15(2,3)21-14(20)17-12(9-13(18)19)8-10-4-6-11(16)7-5-10/h4-7,12H,8-9H2,1-3H3,(H,17,20)(H,18,19)/p-1/t12-/m0/s1. The van der Waals surface area contributed by atoms with E-state index < -0.39 is 23.7 Å². The number of carbonyl (C=O) groups excluding carboxylic acids is 2. The Morgan fingerprint density at radius 3 is 2.33 bits per heavy atom. The number of hydrogen-bond acceptors (Lipinski definition) is 4. The molecule has 0 saturated heterocycles. The van der Waals surface area contributed by atoms with Crippen molar-refractivity contribution in [2.45, 2.75) is 45.3 Å². The number of carboxylic acids is 1. The predicted molar refractivity (Wildman–Crippen MR) is 80.6 cm³/mol. The van der Waals surface area contributed by atoms with E-state index in [2.05, 4.69) is 21.2 Å². The van der Waals surface area contributed by atoms with Gasteiger partial charge in [-0.15, -0.1) is 0 Å². The van der Waals surface area contributed by atoms with E-state index in [1.165, 1.54) is 0 Å². The molecule has 1 aromatic rings. The van der Waals surface area contributed by atoms with Gasteiger partial charge in [0.15, 0.2) is 0 Å². The maximum absolute atomic E-state index is 11.7. The Bertz CT molecular complexity index is 493. The SMILES string of the molecule is CC(C)(C)OC(=O)N[C@H](CC(=O)[O-])Cc1ccc(Br)cc1. The monoisotopic (exact) mass is 356 g/mol. The fourth-order valence-electron chi connectivity index (χ4n) is 1.75. The topological polar surface area (TPSA) is 78.5 Å². The van der Waals surface area contributed by atoms with Crippen molar-refractivity contribution >= 4 is 28.0 Å². The minimum atomic E-state index is -1.21. The molecule has 1 aromatic carbocycles. The smallest absolute Gasteiger partial charge is 0.407 e. The summed E-state index contributed by atoms with van der Waals surface area (Å²) in [5.41, 5.74) is 0.286. The fourth-order valence-corrected chi connectivity index (χ4v) is 2.02. The molecule has 5 nitrogen and oxygen atoms in total. The molecule has 0 spiro atoms. The van der Waals surface area contributed by atoms with Crippen molar-refractivity contribution in [2.75, 3.05) is 0 Å². The maximum atomic E-state index is 11.7. The Morgan fingerprint density at radius 1 is 1.29 bits per heavy atom. The third-order valence-electron chi connectivity index (χ3n) is 2.53. The molecule has 0 unspecified atom stereocenters. The van der Waals surface area contributed by atoms with Gasteiger partial charge in [-0.25, -0.2) is 4.79 Å². The molecule has 0 aromatic heterocycles. The summed E-state index contributed by atoms with van der Waals surface area (Å²) in [4.78, 5) is 22.6. The second-order valence-electron chi connectivity index (χ2n) is 5.75. The first kappa shape index (κ1) is 17.5. The summed E-state index contributed by atoms with van der Waals surface area (Å²) in [5.74, 6) is -1.21. The number of ether oxygens (including phenoxy) is 1. The Hall–Kier alpha value is -1.56. The van der Waals surface area contributed by atoms with E-state index in [1.807, 2.05) is 24.3 Å². The Kier molecular flexibility index (Phi) is 6.20. The highest BCUT2D eigenvalue weighted by Crippen LogP contribution is 2.13. The van der Waals surface area contributed by atoms with E-state index >= 15 is 0 Å². The number of amides is 1. The van der Waals surface area contributed by atoms with Gasteiger partial charge in [0.2, 0.25) is 0 Å². The minimum absolute atomic E-state index is 0.269. The minimum Gasteiger partial charge on any atom is -0.550 e. The zero-order chi connectivity index (χ0) is 16.0. The van der Waals surface area contributed by atoms with Crippen molar-refractivity contribution in [3.05, 3.63) is 34.3 Å². The van der Waals surface area contributed by atoms with Gasteiger partial charge < -0.3 is 20.0 Å². The molecule has 1 atom stereocenters. The summed E-state index contributed by atoms with van der Waals surface area (Å²) in [7, 11) is 0. The normalized spacial score (nSPS) is 12.6. The lowest BCUT2D eigenvalue weighted by Crippen LogP contribution is -2.43. The maximum Gasteiger partial charge on any atom is 0.407 e. The number of aliphatic carboxylic acids is 1. The van der Waals surface area contributed by atoms with Gasteiger partial charge in [-0.3, -0.25) is 0 Å². The van der Waals surface area contributed by atoms with E-state index in [9.17, 15) is 14.7 Å². The molecule has 0 bridgehead atoms. The van der Waals surface area contributed by atoms with Gasteiger partial charge in [-0.05, 0) is 44.9 Å². The molecule has 1 rings (SSSR count). The van der Waals surface area contributed by atoms with Gasteiger partial charge in [0.05, 0.1) is 0 Å². The van der Waals surface area contributed by atoms with Crippen LogP contribution in [0.2, 0.25) is 0 Å². The van der Waals surface area contributed by atoms with Gasteiger partial charge in [0.1, 0.15) is 5.60 Å². The first-order chi connectivity index (χ1) is 9.65. The van der Waals surface area contributed by atoms with Crippen molar-refractivity contribution in [3.8, 4) is 0 Å². The van der Waals surface area contributed by atoms with E-state index in [-0.39, 0.29) is 6.42 Å². The van der Waals surface area contributed by atoms with Crippen LogP contribution in [-0.2, 0) is 16.0 Å². The van der Waals surface area contributed by atoms with Crippen molar-refractivity contribution in [3.63, 3.8) is 0 Å². The van der Waals surface area contributed by atoms with Gasteiger partial charge in [-0.1, -0.05) is 28.1 Å². The number of nitrogens with one attached hydrogen (secondary N) is 1. The average molecular weight is 357 g/mol. The highest BCUT2D eigenvalue weighted by molar-refractivity contribution is 9.10. The van der Waals surface area contributed by atoms with Crippen LogP contribution in [0.5, 0.6) is 0 Å². The predicted octanol–water partition coefficient (Wildman–Crippen LogP) is 2.02. The van der Waals surface area contributed by atoms with Crippen LogP contribution in [0.3, 0.4) is 0 Å². The molecule has 0 aliphatic rings. The molecule has 0 aliphatic carbocycles. The van der Waals surface area contributed by atoms with E-state index in [0.717, 1.165) is 10.0 Å². The Labute approximate surface area is 132 Å². The van der Waals surface area contributed by atoms with Gasteiger partial charge >= 0.3 is 6.09 Å². The summed E-state index contributed by atoms with van der Waals surface area (Å²) in [6.45, 7) is 5.24. The molecular formula is C15H19BrNO4-. The lowest BCUT2D eigenvalue weighted by atomic mass is 10.0. The third kappa shape index (κ3) is 7.70. The quantitative estimate of drug-likeness (QED) is 0.875. The molecule has 0 fully saturated rings. The van der Waals surface area contributed by atoms with Crippen LogP contribution in [0.1, 0.15) is 32.8 Å². The molecule has 0 saturated carbocycles. The summed E-state index contributed by atoms with van der Waals surface area (Å²) in [6, 6.07) is 6.87. The summed E-state index contributed by atoms with van der Waals surface area (Å²) >= 11 is 3.33. The summed E-state index contributed by atoms with van der Waals surface area (Å²) in [6.07, 6.45) is -0.513. The van der Waals surface area contributed by atoms with Crippen molar-refractivity contribution in [2.24, 2.45) is 0 Å². The number of hydrogen-bond donors (Lipinski definition) is 1. The number of rotatable bonds is 5. The largest absolute Gasteiger partial charge is 0.550 e. The Morgan fingerprint density at radius 2 is 1.86 bits per heavy atom. The molecular weight excluding hydrogens is 338 g/mol. The van der Waals surface area contributed by atoms with Gasteiger partial charge in [-0.2, -0.15) is 0 Å². The zero-order valence-electron chi connectivity index (χ0n) is 12.3. The molecule has 0 heterocycles. The lowest BCUT2D eigenvalue weighted by Gasteiger charge is -2.24. The molecule has 0 aliphatic heterocycles. The van der Waals surface area contributed by atoms with Crippen molar-refractivity contribution < 1.29 is 19.4 Å². The molecule has 21 heavy (non-hydrogen) atoms. The van der Waals surface area contributed by atoms with E-state index in [4.69, 9.17) is 4.74 Å². The number of halogens is 1. The fraction of sp³-hybridized carbons (Fsp3) is 0.467. The second kappa shape index (κ2) is 7.45. The van der Waals surface area contributed by atoms with Crippen LogP contribution in [0.25, 0.3) is 0 Å². The third-order valence-corrected chi connectivity index (χ3v) is 3.06. The highest BCUT2D eigenvalue weighted by Gasteiger charge is 2.20.